The van der Waals surface area contributed by atoms with Gasteiger partial charge >= 0.3 is 5.97 Å². The largest absolute Gasteiger partial charge is 0.465 e. The molecule has 1 aliphatic rings. The van der Waals surface area contributed by atoms with Crippen LogP contribution in [0, 0.1) is 0 Å². The van der Waals surface area contributed by atoms with E-state index in [4.69, 9.17) is 4.74 Å². The highest BCUT2D eigenvalue weighted by molar-refractivity contribution is 9.10. The zero-order valence-corrected chi connectivity index (χ0v) is 14.2. The minimum absolute atomic E-state index is 0.0760. The van der Waals surface area contributed by atoms with Crippen molar-refractivity contribution in [1.82, 2.24) is 0 Å². The van der Waals surface area contributed by atoms with E-state index in [1.54, 1.807) is 25.1 Å². The number of carbonyl (C=O) groups excluding carboxylic acids is 1. The summed E-state index contributed by atoms with van der Waals surface area (Å²) in [4.78, 5) is 11.4. The molecule has 0 saturated carbocycles. The lowest BCUT2D eigenvalue weighted by atomic mass is 10.1. The fourth-order valence-electron chi connectivity index (χ4n) is 2.42. The smallest absolute Gasteiger partial charge is 0.337 e. The maximum Gasteiger partial charge on any atom is 0.337 e. The Hall–Kier alpha value is -0.920. The minimum atomic E-state index is -3.29. The molecule has 21 heavy (non-hydrogen) atoms. The summed E-state index contributed by atoms with van der Waals surface area (Å²) in [5, 5.41) is -0.468. The second-order valence-electron chi connectivity index (χ2n) is 5.01. The van der Waals surface area contributed by atoms with Gasteiger partial charge in [-0.25, -0.2) is 13.2 Å². The zero-order valence-electron chi connectivity index (χ0n) is 11.8. The van der Waals surface area contributed by atoms with Crippen LogP contribution in [0.25, 0.3) is 0 Å². The Morgan fingerprint density at radius 1 is 1.48 bits per heavy atom. The van der Waals surface area contributed by atoms with Crippen LogP contribution in [0.4, 0.5) is 0 Å². The number of halogens is 1. The standard InChI is InChI=1S/C14H17BrO5S/c1-9-13(5-6-20-9)21(17,18)8-11-4-3-10(7-12(11)15)14(16)19-2/h3-4,7,9,13H,5-6,8H2,1-2H3. The SMILES string of the molecule is COC(=O)c1ccc(CS(=O)(=O)C2CCOC2C)c(Br)c1. The van der Waals surface area contributed by atoms with Gasteiger partial charge in [-0.2, -0.15) is 0 Å². The lowest BCUT2D eigenvalue weighted by molar-refractivity contribution is 0.0600. The summed E-state index contributed by atoms with van der Waals surface area (Å²) in [6, 6.07) is 4.77. The molecule has 1 saturated heterocycles. The van der Waals surface area contributed by atoms with Crippen LogP contribution >= 0.6 is 15.9 Å². The molecule has 0 aliphatic carbocycles. The van der Waals surface area contributed by atoms with E-state index in [1.807, 2.05) is 0 Å². The van der Waals surface area contributed by atoms with Crippen LogP contribution in [0.15, 0.2) is 22.7 Å². The van der Waals surface area contributed by atoms with Gasteiger partial charge in [-0.15, -0.1) is 0 Å². The number of methoxy groups -OCH3 is 1. The highest BCUT2D eigenvalue weighted by Crippen LogP contribution is 2.27. The van der Waals surface area contributed by atoms with E-state index in [1.165, 1.54) is 7.11 Å². The van der Waals surface area contributed by atoms with Crippen LogP contribution in [0.3, 0.4) is 0 Å². The molecule has 0 N–H and O–H groups in total. The molecular formula is C14H17BrO5S. The van der Waals surface area contributed by atoms with Crippen LogP contribution in [0.1, 0.15) is 29.3 Å². The summed E-state index contributed by atoms with van der Waals surface area (Å²) in [5.41, 5.74) is 1.00. The maximum atomic E-state index is 12.4. The average molecular weight is 377 g/mol. The van der Waals surface area contributed by atoms with Gasteiger partial charge in [-0.3, -0.25) is 0 Å². The first-order valence-electron chi connectivity index (χ1n) is 6.55. The van der Waals surface area contributed by atoms with E-state index in [2.05, 4.69) is 20.7 Å². The first-order valence-corrected chi connectivity index (χ1v) is 9.06. The monoisotopic (exact) mass is 376 g/mol. The zero-order chi connectivity index (χ0) is 15.6. The van der Waals surface area contributed by atoms with Crippen molar-refractivity contribution >= 4 is 31.7 Å². The van der Waals surface area contributed by atoms with Crippen LogP contribution in [0.5, 0.6) is 0 Å². The van der Waals surface area contributed by atoms with Gasteiger partial charge in [0, 0.05) is 11.1 Å². The number of hydrogen-bond acceptors (Lipinski definition) is 5. The minimum Gasteiger partial charge on any atom is -0.465 e. The molecule has 1 heterocycles. The van der Waals surface area contributed by atoms with Crippen molar-refractivity contribution in [1.29, 1.82) is 0 Å². The number of ether oxygens (including phenoxy) is 2. The van der Waals surface area contributed by atoms with Crippen LogP contribution < -0.4 is 0 Å². The number of rotatable bonds is 4. The Balaban J connectivity index is 2.21. The van der Waals surface area contributed by atoms with Gasteiger partial charge in [0.1, 0.15) is 0 Å². The molecule has 1 aromatic carbocycles. The van der Waals surface area contributed by atoms with Crippen molar-refractivity contribution in [2.45, 2.75) is 30.5 Å². The molecule has 7 heteroatoms. The Bertz CT molecular complexity index is 641. The van der Waals surface area contributed by atoms with Crippen molar-refractivity contribution in [3.05, 3.63) is 33.8 Å². The summed E-state index contributed by atoms with van der Waals surface area (Å²) < 4.78 is 35.4. The fourth-order valence-corrected chi connectivity index (χ4v) is 5.14. The number of carbonyl (C=O) groups is 1. The van der Waals surface area contributed by atoms with E-state index in [0.717, 1.165) is 0 Å². The summed E-state index contributed by atoms with van der Waals surface area (Å²) in [6.07, 6.45) is 0.254. The molecule has 0 aromatic heterocycles. The lowest BCUT2D eigenvalue weighted by Gasteiger charge is -2.16. The van der Waals surface area contributed by atoms with Gasteiger partial charge in [-0.05, 0) is 31.0 Å². The predicted molar refractivity (Wildman–Crippen MR) is 81.9 cm³/mol. The highest BCUT2D eigenvalue weighted by atomic mass is 79.9. The van der Waals surface area contributed by atoms with Gasteiger partial charge in [0.2, 0.25) is 0 Å². The molecule has 0 spiro atoms. The molecule has 2 unspecified atom stereocenters. The first-order chi connectivity index (χ1) is 9.85. The van der Waals surface area contributed by atoms with Gasteiger partial charge in [-0.1, -0.05) is 22.0 Å². The Morgan fingerprint density at radius 2 is 2.19 bits per heavy atom. The van der Waals surface area contributed by atoms with Crippen LogP contribution in [0.2, 0.25) is 0 Å². The molecule has 0 bridgehead atoms. The fraction of sp³-hybridized carbons (Fsp3) is 0.500. The Morgan fingerprint density at radius 3 is 2.71 bits per heavy atom. The van der Waals surface area contributed by atoms with Gasteiger partial charge in [0.15, 0.2) is 9.84 Å². The van der Waals surface area contributed by atoms with Crippen molar-refractivity contribution in [3.8, 4) is 0 Å². The van der Waals surface area contributed by atoms with E-state index < -0.39 is 21.1 Å². The molecule has 5 nitrogen and oxygen atoms in total. The van der Waals surface area contributed by atoms with Crippen molar-refractivity contribution in [2.75, 3.05) is 13.7 Å². The number of benzene rings is 1. The third kappa shape index (κ3) is 3.64. The van der Waals surface area contributed by atoms with Crippen molar-refractivity contribution in [2.24, 2.45) is 0 Å². The maximum absolute atomic E-state index is 12.4. The normalized spacial score (nSPS) is 22.2. The molecule has 2 rings (SSSR count). The predicted octanol–water partition coefficient (Wildman–Crippen LogP) is 2.33. The van der Waals surface area contributed by atoms with E-state index in [0.29, 0.717) is 28.6 Å². The molecule has 0 amide bonds. The van der Waals surface area contributed by atoms with E-state index >= 15 is 0 Å². The van der Waals surface area contributed by atoms with Gasteiger partial charge in [0.25, 0.3) is 0 Å². The molecule has 0 radical (unpaired) electrons. The second kappa shape index (κ2) is 6.46. The molecule has 1 aliphatic heterocycles. The summed E-state index contributed by atoms with van der Waals surface area (Å²) in [5.74, 6) is -0.532. The number of esters is 1. The second-order valence-corrected chi connectivity index (χ2v) is 8.08. The lowest BCUT2D eigenvalue weighted by Crippen LogP contribution is -2.29. The summed E-state index contributed by atoms with van der Waals surface area (Å²) >= 11 is 3.32. The van der Waals surface area contributed by atoms with Crippen molar-refractivity contribution < 1.29 is 22.7 Å². The van der Waals surface area contributed by atoms with E-state index in [-0.39, 0.29) is 11.9 Å². The summed E-state index contributed by atoms with van der Waals surface area (Å²) in [7, 11) is -1.99. The van der Waals surface area contributed by atoms with Gasteiger partial charge in [0.05, 0.1) is 29.8 Å². The number of sulfone groups is 1. The van der Waals surface area contributed by atoms with Crippen LogP contribution in [-0.2, 0) is 25.1 Å². The third-order valence-electron chi connectivity index (χ3n) is 3.60. The number of hydrogen-bond donors (Lipinski definition) is 0. The Kier molecular flexibility index (Phi) is 5.06. The third-order valence-corrected chi connectivity index (χ3v) is 6.59. The van der Waals surface area contributed by atoms with E-state index in [9.17, 15) is 13.2 Å². The average Bonchev–Trinajstić information content (AvgIpc) is 2.87. The Labute approximate surface area is 132 Å². The highest BCUT2D eigenvalue weighted by Gasteiger charge is 2.35. The van der Waals surface area contributed by atoms with Gasteiger partial charge < -0.3 is 9.47 Å². The molecule has 116 valence electrons. The topological polar surface area (TPSA) is 69.7 Å². The molecule has 1 fully saturated rings. The summed E-state index contributed by atoms with van der Waals surface area (Å²) in [6.45, 7) is 2.26. The molecular weight excluding hydrogens is 360 g/mol. The molecule has 2 atom stereocenters. The quantitative estimate of drug-likeness (QED) is 0.754. The van der Waals surface area contributed by atoms with Crippen LogP contribution in [-0.4, -0.2) is 39.5 Å². The molecule has 1 aromatic rings. The van der Waals surface area contributed by atoms with Crippen molar-refractivity contribution in [3.63, 3.8) is 0 Å². The first kappa shape index (κ1) is 16.5.